The standard InChI is InChI=1S/C19H23N3O2/c23-19(22-11-13-24-14-12-22)18-9-8-17(15-21-18)20-10-4-7-16-5-2-1-3-6-16/h1-3,5-6,8-9,15,20H,4,7,10-14H2. The molecule has 126 valence electrons. The second-order valence-electron chi connectivity index (χ2n) is 5.85. The van der Waals surface area contributed by atoms with Gasteiger partial charge in [0.15, 0.2) is 0 Å². The molecule has 2 aromatic rings. The van der Waals surface area contributed by atoms with Crippen LogP contribution in [0.1, 0.15) is 22.5 Å². The highest BCUT2D eigenvalue weighted by Crippen LogP contribution is 2.10. The second-order valence-corrected chi connectivity index (χ2v) is 5.85. The van der Waals surface area contributed by atoms with E-state index in [4.69, 9.17) is 4.74 Å². The number of hydrogen-bond acceptors (Lipinski definition) is 4. The lowest BCUT2D eigenvalue weighted by atomic mass is 10.1. The molecule has 1 fully saturated rings. The van der Waals surface area contributed by atoms with Gasteiger partial charge in [-0.2, -0.15) is 0 Å². The number of aromatic nitrogens is 1. The van der Waals surface area contributed by atoms with Crippen molar-refractivity contribution in [3.63, 3.8) is 0 Å². The van der Waals surface area contributed by atoms with Crippen LogP contribution in [0.5, 0.6) is 0 Å². The zero-order valence-corrected chi connectivity index (χ0v) is 13.8. The number of amides is 1. The van der Waals surface area contributed by atoms with Gasteiger partial charge in [0.25, 0.3) is 5.91 Å². The smallest absolute Gasteiger partial charge is 0.272 e. The van der Waals surface area contributed by atoms with Gasteiger partial charge in [-0.1, -0.05) is 30.3 Å². The molecule has 0 atom stereocenters. The van der Waals surface area contributed by atoms with Crippen molar-refractivity contribution in [2.75, 3.05) is 38.2 Å². The Morgan fingerprint density at radius 1 is 1.12 bits per heavy atom. The highest BCUT2D eigenvalue weighted by Gasteiger charge is 2.19. The molecule has 5 nitrogen and oxygen atoms in total. The number of hydrogen-bond donors (Lipinski definition) is 1. The van der Waals surface area contributed by atoms with E-state index in [1.165, 1.54) is 5.56 Å². The fourth-order valence-corrected chi connectivity index (χ4v) is 2.72. The molecule has 3 rings (SSSR count). The monoisotopic (exact) mass is 325 g/mol. The van der Waals surface area contributed by atoms with Crippen molar-refractivity contribution >= 4 is 11.6 Å². The molecular formula is C19H23N3O2. The number of morpholine rings is 1. The highest BCUT2D eigenvalue weighted by atomic mass is 16.5. The predicted octanol–water partition coefficient (Wildman–Crippen LogP) is 2.60. The van der Waals surface area contributed by atoms with Crippen LogP contribution >= 0.6 is 0 Å². The van der Waals surface area contributed by atoms with Crippen LogP contribution in [0.4, 0.5) is 5.69 Å². The first kappa shape index (κ1) is 16.5. The van der Waals surface area contributed by atoms with E-state index < -0.39 is 0 Å². The van der Waals surface area contributed by atoms with E-state index in [1.54, 1.807) is 17.2 Å². The molecule has 1 aliphatic rings. The molecule has 5 heteroatoms. The summed E-state index contributed by atoms with van der Waals surface area (Å²) in [5.41, 5.74) is 2.79. The number of carbonyl (C=O) groups is 1. The Kier molecular flexibility index (Phi) is 5.80. The maximum Gasteiger partial charge on any atom is 0.272 e. The van der Waals surface area contributed by atoms with Crippen LogP contribution < -0.4 is 5.32 Å². The minimum Gasteiger partial charge on any atom is -0.384 e. The fraction of sp³-hybridized carbons (Fsp3) is 0.368. The molecule has 1 amide bonds. The third-order valence-electron chi connectivity index (χ3n) is 4.10. The number of benzene rings is 1. The molecular weight excluding hydrogens is 302 g/mol. The van der Waals surface area contributed by atoms with E-state index in [0.717, 1.165) is 25.1 Å². The SMILES string of the molecule is O=C(c1ccc(NCCCc2ccccc2)cn1)N1CCOCC1. The van der Waals surface area contributed by atoms with Crippen molar-refractivity contribution in [2.45, 2.75) is 12.8 Å². The number of ether oxygens (including phenoxy) is 1. The third-order valence-corrected chi connectivity index (χ3v) is 4.10. The number of carbonyl (C=O) groups excluding carboxylic acids is 1. The molecule has 0 aliphatic carbocycles. The zero-order valence-electron chi connectivity index (χ0n) is 13.8. The highest BCUT2D eigenvalue weighted by molar-refractivity contribution is 5.92. The van der Waals surface area contributed by atoms with Gasteiger partial charge in [0.2, 0.25) is 0 Å². The largest absolute Gasteiger partial charge is 0.384 e. The van der Waals surface area contributed by atoms with Crippen molar-refractivity contribution in [1.82, 2.24) is 9.88 Å². The summed E-state index contributed by atoms with van der Waals surface area (Å²) in [5, 5.41) is 3.35. The quantitative estimate of drug-likeness (QED) is 0.830. The molecule has 0 radical (unpaired) electrons. The first-order chi connectivity index (χ1) is 11.8. The Balaban J connectivity index is 1.45. The average molecular weight is 325 g/mol. The Bertz CT molecular complexity index is 637. The maximum absolute atomic E-state index is 12.3. The van der Waals surface area contributed by atoms with Crippen molar-refractivity contribution < 1.29 is 9.53 Å². The normalized spacial score (nSPS) is 14.4. The van der Waals surface area contributed by atoms with Gasteiger partial charge in [-0.3, -0.25) is 4.79 Å². The van der Waals surface area contributed by atoms with E-state index in [2.05, 4.69) is 34.6 Å². The topological polar surface area (TPSA) is 54.5 Å². The predicted molar refractivity (Wildman–Crippen MR) is 94.2 cm³/mol. The van der Waals surface area contributed by atoms with Gasteiger partial charge in [0.1, 0.15) is 5.69 Å². The van der Waals surface area contributed by atoms with Gasteiger partial charge in [-0.25, -0.2) is 4.98 Å². The summed E-state index contributed by atoms with van der Waals surface area (Å²) in [6.45, 7) is 3.37. The Hall–Kier alpha value is -2.40. The molecule has 1 aromatic carbocycles. The van der Waals surface area contributed by atoms with Gasteiger partial charge in [-0.15, -0.1) is 0 Å². The molecule has 0 bridgehead atoms. The van der Waals surface area contributed by atoms with Crippen molar-refractivity contribution in [3.8, 4) is 0 Å². The average Bonchev–Trinajstić information content (AvgIpc) is 2.67. The minimum absolute atomic E-state index is 0.0195. The van der Waals surface area contributed by atoms with E-state index in [1.807, 2.05) is 12.1 Å². The Morgan fingerprint density at radius 2 is 1.92 bits per heavy atom. The van der Waals surface area contributed by atoms with Crippen LogP contribution in [-0.2, 0) is 11.2 Å². The summed E-state index contributed by atoms with van der Waals surface area (Å²) in [7, 11) is 0. The molecule has 0 saturated carbocycles. The summed E-state index contributed by atoms with van der Waals surface area (Å²) in [4.78, 5) is 18.4. The molecule has 1 aliphatic heterocycles. The molecule has 1 N–H and O–H groups in total. The molecule has 0 unspecified atom stereocenters. The first-order valence-corrected chi connectivity index (χ1v) is 8.44. The van der Waals surface area contributed by atoms with Gasteiger partial charge in [0.05, 0.1) is 25.1 Å². The molecule has 1 aromatic heterocycles. The van der Waals surface area contributed by atoms with E-state index in [0.29, 0.717) is 32.0 Å². The van der Waals surface area contributed by atoms with Gasteiger partial charge in [-0.05, 0) is 30.5 Å². The molecule has 2 heterocycles. The van der Waals surface area contributed by atoms with E-state index in [9.17, 15) is 4.79 Å². The van der Waals surface area contributed by atoms with Crippen LogP contribution in [0.2, 0.25) is 0 Å². The van der Waals surface area contributed by atoms with Crippen LogP contribution in [0, 0.1) is 0 Å². The Labute approximate surface area is 142 Å². The van der Waals surface area contributed by atoms with Gasteiger partial charge >= 0.3 is 0 Å². The van der Waals surface area contributed by atoms with E-state index in [-0.39, 0.29) is 5.91 Å². The van der Waals surface area contributed by atoms with Crippen LogP contribution in [-0.4, -0.2) is 48.6 Å². The van der Waals surface area contributed by atoms with Gasteiger partial charge < -0.3 is 15.0 Å². The fourth-order valence-electron chi connectivity index (χ4n) is 2.72. The minimum atomic E-state index is -0.0195. The lowest BCUT2D eigenvalue weighted by Gasteiger charge is -2.26. The van der Waals surface area contributed by atoms with Gasteiger partial charge in [0, 0.05) is 19.6 Å². The summed E-state index contributed by atoms with van der Waals surface area (Å²) < 4.78 is 5.27. The summed E-state index contributed by atoms with van der Waals surface area (Å²) in [5.74, 6) is -0.0195. The number of rotatable bonds is 6. The number of nitrogens with one attached hydrogen (secondary N) is 1. The van der Waals surface area contributed by atoms with Crippen LogP contribution in [0.3, 0.4) is 0 Å². The van der Waals surface area contributed by atoms with Crippen molar-refractivity contribution in [1.29, 1.82) is 0 Å². The van der Waals surface area contributed by atoms with Crippen molar-refractivity contribution in [2.24, 2.45) is 0 Å². The molecule has 1 saturated heterocycles. The molecule has 24 heavy (non-hydrogen) atoms. The third kappa shape index (κ3) is 4.55. The first-order valence-electron chi connectivity index (χ1n) is 8.44. The summed E-state index contributed by atoms with van der Waals surface area (Å²) >= 11 is 0. The number of pyridine rings is 1. The molecule has 0 spiro atoms. The number of nitrogens with zero attached hydrogens (tertiary/aromatic N) is 2. The summed E-state index contributed by atoms with van der Waals surface area (Å²) in [6.07, 6.45) is 3.84. The number of anilines is 1. The summed E-state index contributed by atoms with van der Waals surface area (Å²) in [6, 6.07) is 14.2. The number of aryl methyl sites for hydroxylation is 1. The van der Waals surface area contributed by atoms with Crippen LogP contribution in [0.15, 0.2) is 48.7 Å². The lowest BCUT2D eigenvalue weighted by molar-refractivity contribution is 0.0299. The van der Waals surface area contributed by atoms with Crippen molar-refractivity contribution in [3.05, 3.63) is 59.9 Å². The lowest BCUT2D eigenvalue weighted by Crippen LogP contribution is -2.41. The second kappa shape index (κ2) is 8.45. The van der Waals surface area contributed by atoms with Crippen LogP contribution in [0.25, 0.3) is 0 Å². The van der Waals surface area contributed by atoms with E-state index >= 15 is 0 Å². The Morgan fingerprint density at radius 3 is 2.62 bits per heavy atom. The zero-order chi connectivity index (χ0) is 16.6. The maximum atomic E-state index is 12.3.